The van der Waals surface area contributed by atoms with Gasteiger partial charge < -0.3 is 13.7 Å². The van der Waals surface area contributed by atoms with E-state index < -0.39 is 0 Å². The average Bonchev–Trinajstić information content (AvgIpc) is 3.27. The topological polar surface area (TPSA) is 83.3 Å². The molecule has 6 heteroatoms. The van der Waals surface area contributed by atoms with Crippen LogP contribution in [0.15, 0.2) is 57.6 Å². The van der Waals surface area contributed by atoms with Crippen LogP contribution < -0.4 is 4.90 Å². The van der Waals surface area contributed by atoms with Gasteiger partial charge in [-0.2, -0.15) is 5.26 Å². The highest BCUT2D eigenvalue weighted by atomic mass is 16.4. The lowest BCUT2D eigenvalue weighted by molar-refractivity contribution is -0.118. The van der Waals surface area contributed by atoms with Crippen molar-refractivity contribution < 1.29 is 13.6 Å². The van der Waals surface area contributed by atoms with Crippen LogP contribution in [0, 0.1) is 18.3 Å². The van der Waals surface area contributed by atoms with Crippen LogP contribution >= 0.6 is 0 Å². The maximum atomic E-state index is 12.8. The van der Waals surface area contributed by atoms with Gasteiger partial charge in [-0.05, 0) is 31.2 Å². The van der Waals surface area contributed by atoms with Crippen LogP contribution in [0.5, 0.6) is 0 Å². The second-order valence-electron chi connectivity index (χ2n) is 5.47. The van der Waals surface area contributed by atoms with Crippen molar-refractivity contribution in [2.45, 2.75) is 19.8 Å². The Kier molecular flexibility index (Phi) is 4.95. The molecule has 3 aromatic rings. The smallest absolute Gasteiger partial charge is 0.263 e. The van der Waals surface area contributed by atoms with Crippen molar-refractivity contribution in [3.8, 4) is 17.7 Å². The zero-order valence-electron chi connectivity index (χ0n) is 13.8. The van der Waals surface area contributed by atoms with Gasteiger partial charge in [-0.3, -0.25) is 4.79 Å². The van der Waals surface area contributed by atoms with Crippen LogP contribution in [0.2, 0.25) is 0 Å². The number of furan rings is 1. The molecule has 0 spiro atoms. The molecule has 3 rings (SSSR count). The number of aryl methyl sites for hydroxylation is 1. The number of oxazole rings is 1. The number of nitriles is 1. The standard InChI is InChI=1S/C19H17N3O3/c1-14-16(21-19(25-14)17-9-5-12-24-17)13-18(23)22(11-6-10-20)15-7-3-2-4-8-15/h2-5,7-9,12H,6,11,13H2,1H3. The zero-order valence-corrected chi connectivity index (χ0v) is 13.8. The number of para-hydroxylation sites is 1. The van der Waals surface area contributed by atoms with Crippen molar-refractivity contribution in [3.05, 3.63) is 60.2 Å². The van der Waals surface area contributed by atoms with Gasteiger partial charge in [0.25, 0.3) is 5.89 Å². The first-order valence-electron chi connectivity index (χ1n) is 7.91. The van der Waals surface area contributed by atoms with Crippen LogP contribution in [0.1, 0.15) is 17.9 Å². The van der Waals surface area contributed by atoms with Gasteiger partial charge in [0.15, 0.2) is 5.76 Å². The monoisotopic (exact) mass is 335 g/mol. The van der Waals surface area contributed by atoms with E-state index in [4.69, 9.17) is 14.1 Å². The van der Waals surface area contributed by atoms with Crippen LogP contribution in [-0.2, 0) is 11.2 Å². The van der Waals surface area contributed by atoms with E-state index in [2.05, 4.69) is 11.1 Å². The molecule has 1 amide bonds. The van der Waals surface area contributed by atoms with E-state index in [1.165, 1.54) is 0 Å². The molecule has 0 N–H and O–H groups in total. The predicted octanol–water partition coefficient (Wildman–Crippen LogP) is 3.73. The number of rotatable bonds is 6. The summed E-state index contributed by atoms with van der Waals surface area (Å²) in [7, 11) is 0. The molecule has 0 radical (unpaired) electrons. The van der Waals surface area contributed by atoms with Gasteiger partial charge in [0, 0.05) is 12.2 Å². The molecule has 126 valence electrons. The van der Waals surface area contributed by atoms with Crippen molar-refractivity contribution in [2.75, 3.05) is 11.4 Å². The molecule has 0 aliphatic rings. The third kappa shape index (κ3) is 3.78. The summed E-state index contributed by atoms with van der Waals surface area (Å²) in [4.78, 5) is 18.8. The molecule has 0 saturated carbocycles. The summed E-state index contributed by atoms with van der Waals surface area (Å²) in [6.45, 7) is 2.10. The number of hydrogen-bond donors (Lipinski definition) is 0. The number of benzene rings is 1. The lowest BCUT2D eigenvalue weighted by Gasteiger charge is -2.21. The fourth-order valence-corrected chi connectivity index (χ4v) is 2.50. The molecule has 0 fully saturated rings. The van der Waals surface area contributed by atoms with Gasteiger partial charge >= 0.3 is 0 Å². The highest BCUT2D eigenvalue weighted by Gasteiger charge is 2.21. The van der Waals surface area contributed by atoms with E-state index in [1.54, 1.807) is 30.2 Å². The third-order valence-electron chi connectivity index (χ3n) is 3.76. The minimum absolute atomic E-state index is 0.0936. The van der Waals surface area contributed by atoms with Crippen LogP contribution in [-0.4, -0.2) is 17.4 Å². The van der Waals surface area contributed by atoms with E-state index in [1.807, 2.05) is 30.3 Å². The predicted molar refractivity (Wildman–Crippen MR) is 91.7 cm³/mol. The van der Waals surface area contributed by atoms with E-state index in [0.29, 0.717) is 29.6 Å². The Morgan fingerprint density at radius 1 is 1.24 bits per heavy atom. The molecular weight excluding hydrogens is 318 g/mol. The number of hydrogen-bond acceptors (Lipinski definition) is 5. The molecule has 2 aromatic heterocycles. The summed E-state index contributed by atoms with van der Waals surface area (Å²) in [5.41, 5.74) is 1.32. The molecule has 0 unspecified atom stereocenters. The Morgan fingerprint density at radius 2 is 2.04 bits per heavy atom. The van der Waals surface area contributed by atoms with Crippen molar-refractivity contribution >= 4 is 11.6 Å². The summed E-state index contributed by atoms with van der Waals surface area (Å²) in [5, 5.41) is 8.86. The number of anilines is 1. The molecule has 1 aromatic carbocycles. The minimum Gasteiger partial charge on any atom is -0.459 e. The van der Waals surface area contributed by atoms with Crippen LogP contribution in [0.4, 0.5) is 5.69 Å². The Bertz CT molecular complexity index is 877. The molecule has 0 aliphatic heterocycles. The molecule has 0 atom stereocenters. The molecule has 0 aliphatic carbocycles. The highest BCUT2D eigenvalue weighted by molar-refractivity contribution is 5.94. The van der Waals surface area contributed by atoms with Gasteiger partial charge in [-0.25, -0.2) is 4.98 Å². The summed E-state index contributed by atoms with van der Waals surface area (Å²) >= 11 is 0. The van der Waals surface area contributed by atoms with E-state index in [0.717, 1.165) is 5.69 Å². The molecule has 0 saturated heterocycles. The number of amides is 1. The van der Waals surface area contributed by atoms with Crippen molar-refractivity contribution in [2.24, 2.45) is 0 Å². The fraction of sp³-hybridized carbons (Fsp3) is 0.211. The molecular formula is C19H17N3O3. The van der Waals surface area contributed by atoms with Crippen molar-refractivity contribution in [1.82, 2.24) is 4.98 Å². The normalized spacial score (nSPS) is 10.4. The quantitative estimate of drug-likeness (QED) is 0.685. The Hall–Kier alpha value is -3.33. The summed E-state index contributed by atoms with van der Waals surface area (Å²) in [6, 6.07) is 14.9. The van der Waals surface area contributed by atoms with Crippen molar-refractivity contribution in [3.63, 3.8) is 0 Å². The van der Waals surface area contributed by atoms with Gasteiger partial charge in [0.05, 0.1) is 30.9 Å². The first kappa shape index (κ1) is 16.5. The molecule has 6 nitrogen and oxygen atoms in total. The molecule has 0 bridgehead atoms. The summed E-state index contributed by atoms with van der Waals surface area (Å²) in [5.74, 6) is 1.32. The lowest BCUT2D eigenvalue weighted by atomic mass is 10.2. The molecule has 2 heterocycles. The summed E-state index contributed by atoms with van der Waals surface area (Å²) < 4.78 is 10.9. The summed E-state index contributed by atoms with van der Waals surface area (Å²) in [6.07, 6.45) is 1.89. The van der Waals surface area contributed by atoms with Gasteiger partial charge in [-0.15, -0.1) is 0 Å². The minimum atomic E-state index is -0.135. The van der Waals surface area contributed by atoms with Crippen LogP contribution in [0.3, 0.4) is 0 Å². The first-order valence-corrected chi connectivity index (χ1v) is 7.91. The highest BCUT2D eigenvalue weighted by Crippen LogP contribution is 2.23. The van der Waals surface area contributed by atoms with E-state index >= 15 is 0 Å². The molecule has 25 heavy (non-hydrogen) atoms. The Labute approximate surface area is 145 Å². The third-order valence-corrected chi connectivity index (χ3v) is 3.76. The SMILES string of the molecule is Cc1oc(-c2ccco2)nc1CC(=O)N(CCC#N)c1ccccc1. The zero-order chi connectivity index (χ0) is 17.6. The fourth-order valence-electron chi connectivity index (χ4n) is 2.50. The van der Waals surface area contributed by atoms with E-state index in [-0.39, 0.29) is 18.7 Å². The van der Waals surface area contributed by atoms with E-state index in [9.17, 15) is 4.79 Å². The average molecular weight is 335 g/mol. The first-order chi connectivity index (χ1) is 12.2. The maximum Gasteiger partial charge on any atom is 0.263 e. The second-order valence-corrected chi connectivity index (χ2v) is 5.47. The lowest BCUT2D eigenvalue weighted by Crippen LogP contribution is -2.33. The number of carbonyl (C=O) groups excluding carboxylic acids is 1. The Morgan fingerprint density at radius 3 is 2.72 bits per heavy atom. The second kappa shape index (κ2) is 7.49. The van der Waals surface area contributed by atoms with Crippen molar-refractivity contribution in [1.29, 1.82) is 5.26 Å². The van der Waals surface area contributed by atoms with Gasteiger partial charge in [0.2, 0.25) is 5.91 Å². The number of aromatic nitrogens is 1. The number of nitrogens with zero attached hydrogens (tertiary/aromatic N) is 3. The van der Waals surface area contributed by atoms with Crippen LogP contribution in [0.25, 0.3) is 11.7 Å². The number of carbonyl (C=O) groups is 1. The Balaban J connectivity index is 1.81. The largest absolute Gasteiger partial charge is 0.459 e. The maximum absolute atomic E-state index is 12.8. The van der Waals surface area contributed by atoms with Gasteiger partial charge in [-0.1, -0.05) is 18.2 Å². The van der Waals surface area contributed by atoms with Gasteiger partial charge in [0.1, 0.15) is 5.76 Å².